The minimum Gasteiger partial charge on any atom is -0.497 e. The fourth-order valence-electron chi connectivity index (χ4n) is 2.66. The van der Waals surface area contributed by atoms with E-state index in [9.17, 15) is 9.18 Å². The highest BCUT2D eigenvalue weighted by atomic mass is 19.1. The molecular formula is C18H18FNO3. The molecule has 3 rings (SSSR count). The van der Waals surface area contributed by atoms with Crippen LogP contribution in [0.15, 0.2) is 42.5 Å². The van der Waals surface area contributed by atoms with Crippen molar-refractivity contribution >= 4 is 11.6 Å². The van der Waals surface area contributed by atoms with Gasteiger partial charge in [0.15, 0.2) is 0 Å². The van der Waals surface area contributed by atoms with Crippen LogP contribution in [-0.2, 0) is 4.74 Å². The predicted octanol–water partition coefficient (Wildman–Crippen LogP) is 3.94. The number of ether oxygens (including phenoxy) is 2. The topological polar surface area (TPSA) is 47.6 Å². The van der Waals surface area contributed by atoms with E-state index >= 15 is 0 Å². The number of halogens is 1. The van der Waals surface area contributed by atoms with Gasteiger partial charge in [-0.05, 0) is 43.2 Å². The third-order valence-corrected chi connectivity index (χ3v) is 3.86. The van der Waals surface area contributed by atoms with Gasteiger partial charge in [-0.15, -0.1) is 0 Å². The quantitative estimate of drug-likeness (QED) is 0.929. The van der Waals surface area contributed by atoms with E-state index in [2.05, 4.69) is 5.32 Å². The molecule has 1 N–H and O–H groups in total. The van der Waals surface area contributed by atoms with Crippen molar-refractivity contribution in [3.63, 3.8) is 0 Å². The molecule has 120 valence electrons. The fraction of sp³-hybridized carbons (Fsp3) is 0.278. The Labute approximate surface area is 134 Å². The molecule has 1 atom stereocenters. The van der Waals surface area contributed by atoms with Crippen LogP contribution in [0.4, 0.5) is 10.1 Å². The molecule has 1 saturated heterocycles. The molecule has 1 aliphatic heterocycles. The first-order valence-electron chi connectivity index (χ1n) is 7.54. The lowest BCUT2D eigenvalue weighted by molar-refractivity contribution is 0.102. The molecule has 0 radical (unpaired) electrons. The van der Waals surface area contributed by atoms with Crippen LogP contribution in [0, 0.1) is 5.82 Å². The Morgan fingerprint density at radius 3 is 2.91 bits per heavy atom. The molecule has 5 heteroatoms. The summed E-state index contributed by atoms with van der Waals surface area (Å²) >= 11 is 0. The lowest BCUT2D eigenvalue weighted by Crippen LogP contribution is -2.13. The molecule has 2 aromatic rings. The summed E-state index contributed by atoms with van der Waals surface area (Å²) in [5.41, 5.74) is 1.47. The second kappa shape index (κ2) is 6.79. The monoisotopic (exact) mass is 315 g/mol. The van der Waals surface area contributed by atoms with Crippen LogP contribution in [0.25, 0.3) is 0 Å². The SMILES string of the molecule is COc1cccc(NC(=O)c2ccc(F)c(C3CCCO3)c2)c1. The van der Waals surface area contributed by atoms with Crippen molar-refractivity contribution < 1.29 is 18.7 Å². The maximum Gasteiger partial charge on any atom is 0.255 e. The molecule has 1 unspecified atom stereocenters. The summed E-state index contributed by atoms with van der Waals surface area (Å²) in [6.07, 6.45) is 1.42. The molecule has 1 amide bonds. The van der Waals surface area contributed by atoms with Crippen LogP contribution in [0.5, 0.6) is 5.75 Å². The van der Waals surface area contributed by atoms with Crippen molar-refractivity contribution in [2.75, 3.05) is 19.0 Å². The molecule has 1 fully saturated rings. The Kier molecular flexibility index (Phi) is 4.57. The third-order valence-electron chi connectivity index (χ3n) is 3.86. The average Bonchev–Trinajstić information content (AvgIpc) is 3.09. The van der Waals surface area contributed by atoms with E-state index < -0.39 is 0 Å². The van der Waals surface area contributed by atoms with Crippen LogP contribution >= 0.6 is 0 Å². The molecule has 0 bridgehead atoms. The predicted molar refractivity (Wildman–Crippen MR) is 85.3 cm³/mol. The first-order chi connectivity index (χ1) is 11.2. The van der Waals surface area contributed by atoms with Crippen molar-refractivity contribution in [3.05, 3.63) is 59.4 Å². The molecule has 1 aliphatic rings. The number of benzene rings is 2. The van der Waals surface area contributed by atoms with Crippen molar-refractivity contribution in [1.82, 2.24) is 0 Å². The van der Waals surface area contributed by atoms with Crippen LogP contribution in [-0.4, -0.2) is 19.6 Å². The molecule has 1 heterocycles. The lowest BCUT2D eigenvalue weighted by atomic mass is 10.0. The van der Waals surface area contributed by atoms with E-state index in [0.29, 0.717) is 29.2 Å². The summed E-state index contributed by atoms with van der Waals surface area (Å²) in [7, 11) is 1.56. The summed E-state index contributed by atoms with van der Waals surface area (Å²) in [5.74, 6) is 0.0225. The van der Waals surface area contributed by atoms with E-state index in [1.807, 2.05) is 0 Å². The maximum atomic E-state index is 14.0. The molecule has 0 aromatic heterocycles. The van der Waals surface area contributed by atoms with Crippen molar-refractivity contribution in [2.24, 2.45) is 0 Å². The zero-order valence-electron chi connectivity index (χ0n) is 12.8. The van der Waals surface area contributed by atoms with Crippen LogP contribution in [0.3, 0.4) is 0 Å². The van der Waals surface area contributed by atoms with Crippen molar-refractivity contribution in [3.8, 4) is 5.75 Å². The van der Waals surface area contributed by atoms with Crippen LogP contribution in [0.2, 0.25) is 0 Å². The highest BCUT2D eigenvalue weighted by Crippen LogP contribution is 2.31. The highest BCUT2D eigenvalue weighted by Gasteiger charge is 2.22. The van der Waals surface area contributed by atoms with Gasteiger partial charge in [0.1, 0.15) is 11.6 Å². The van der Waals surface area contributed by atoms with Gasteiger partial charge in [-0.25, -0.2) is 4.39 Å². The number of nitrogens with one attached hydrogen (secondary N) is 1. The number of carbonyl (C=O) groups is 1. The first-order valence-corrected chi connectivity index (χ1v) is 7.54. The van der Waals surface area contributed by atoms with Gasteiger partial charge in [-0.3, -0.25) is 4.79 Å². The number of carbonyl (C=O) groups excluding carboxylic acids is 1. The number of hydrogen-bond acceptors (Lipinski definition) is 3. The molecule has 0 aliphatic carbocycles. The van der Waals surface area contributed by atoms with Crippen molar-refractivity contribution in [1.29, 1.82) is 0 Å². The summed E-state index contributed by atoms with van der Waals surface area (Å²) in [6.45, 7) is 0.629. The van der Waals surface area contributed by atoms with E-state index in [1.54, 1.807) is 37.4 Å². The van der Waals surface area contributed by atoms with Crippen molar-refractivity contribution in [2.45, 2.75) is 18.9 Å². The number of methoxy groups -OCH3 is 1. The van der Waals surface area contributed by atoms with Gasteiger partial charge in [0.2, 0.25) is 0 Å². The Hall–Kier alpha value is -2.40. The normalized spacial score (nSPS) is 17.0. The van der Waals surface area contributed by atoms with Crippen LogP contribution < -0.4 is 10.1 Å². The van der Waals surface area contributed by atoms with Gasteiger partial charge in [0.05, 0.1) is 13.2 Å². The number of rotatable bonds is 4. The van der Waals surface area contributed by atoms with Crippen LogP contribution in [0.1, 0.15) is 34.9 Å². The molecule has 0 saturated carbocycles. The minimum atomic E-state index is -0.338. The number of anilines is 1. The second-order valence-corrected chi connectivity index (χ2v) is 5.42. The van der Waals surface area contributed by atoms with Gasteiger partial charge >= 0.3 is 0 Å². The summed E-state index contributed by atoms with van der Waals surface area (Å²) < 4.78 is 24.6. The van der Waals surface area contributed by atoms with E-state index in [-0.39, 0.29) is 17.8 Å². The maximum absolute atomic E-state index is 14.0. The van der Waals surface area contributed by atoms with Gasteiger partial charge in [0.25, 0.3) is 5.91 Å². The van der Waals surface area contributed by atoms with E-state index in [0.717, 1.165) is 12.8 Å². The third kappa shape index (κ3) is 3.51. The van der Waals surface area contributed by atoms with Gasteiger partial charge in [0, 0.05) is 29.5 Å². The molecule has 0 spiro atoms. The fourth-order valence-corrected chi connectivity index (χ4v) is 2.66. The van der Waals surface area contributed by atoms with Gasteiger partial charge < -0.3 is 14.8 Å². The lowest BCUT2D eigenvalue weighted by Gasteiger charge is -2.13. The summed E-state index contributed by atoms with van der Waals surface area (Å²) in [5, 5.41) is 2.79. The zero-order valence-corrected chi connectivity index (χ0v) is 12.8. The smallest absolute Gasteiger partial charge is 0.255 e. The largest absolute Gasteiger partial charge is 0.497 e. The Morgan fingerprint density at radius 2 is 2.17 bits per heavy atom. The molecular weight excluding hydrogens is 297 g/mol. The Balaban J connectivity index is 1.80. The standard InChI is InChI=1S/C18H18FNO3/c1-22-14-5-2-4-13(11-14)20-18(21)12-7-8-16(19)15(10-12)17-6-3-9-23-17/h2,4-5,7-8,10-11,17H,3,6,9H2,1H3,(H,20,21). The van der Waals surface area contributed by atoms with Gasteiger partial charge in [-0.2, -0.15) is 0 Å². The minimum absolute atomic E-state index is 0.264. The second-order valence-electron chi connectivity index (χ2n) is 5.42. The highest BCUT2D eigenvalue weighted by molar-refractivity contribution is 6.04. The van der Waals surface area contributed by atoms with E-state index in [1.165, 1.54) is 12.1 Å². The summed E-state index contributed by atoms with van der Waals surface area (Å²) in [4.78, 5) is 12.4. The first kappa shape index (κ1) is 15.5. The van der Waals surface area contributed by atoms with Gasteiger partial charge in [-0.1, -0.05) is 6.07 Å². The number of amides is 1. The average molecular weight is 315 g/mol. The molecule has 2 aromatic carbocycles. The molecule has 23 heavy (non-hydrogen) atoms. The number of hydrogen-bond donors (Lipinski definition) is 1. The van der Waals surface area contributed by atoms with E-state index in [4.69, 9.17) is 9.47 Å². The zero-order chi connectivity index (χ0) is 16.2. The Bertz CT molecular complexity index is 711. The Morgan fingerprint density at radius 1 is 1.30 bits per heavy atom. The molecule has 4 nitrogen and oxygen atoms in total. The summed E-state index contributed by atoms with van der Waals surface area (Å²) in [6, 6.07) is 11.4.